The zero-order valence-electron chi connectivity index (χ0n) is 13.4. The number of nitro benzene ring substituents is 1. The lowest BCUT2D eigenvalue weighted by Gasteiger charge is -2.35. The van der Waals surface area contributed by atoms with Crippen LogP contribution in [-0.4, -0.2) is 32.5 Å². The zero-order valence-corrected chi connectivity index (χ0v) is 13.4. The Hall–Kier alpha value is -2.95. The second-order valence-corrected chi connectivity index (χ2v) is 5.77. The number of hydrogen-bond acceptors (Lipinski definition) is 6. The number of aromatic nitrogens is 3. The fraction of sp³-hybridized carbons (Fsp3) is 0.438. The molecule has 3 rings (SSSR count). The molecule has 0 aliphatic carbocycles. The van der Waals surface area contributed by atoms with E-state index in [4.69, 9.17) is 0 Å². The van der Waals surface area contributed by atoms with Gasteiger partial charge in [-0.3, -0.25) is 10.1 Å². The van der Waals surface area contributed by atoms with Crippen molar-refractivity contribution < 1.29 is 4.92 Å². The Morgan fingerprint density at radius 2 is 2.17 bits per heavy atom. The SMILES string of the molecule is CC[C@H]1CCCCN1c1nn(-c2ccccc2[N+](=O)[O-])nc1C#N. The highest BCUT2D eigenvalue weighted by Crippen LogP contribution is 2.29. The van der Waals surface area contributed by atoms with Crippen LogP contribution in [0.5, 0.6) is 0 Å². The van der Waals surface area contributed by atoms with Crippen LogP contribution in [-0.2, 0) is 0 Å². The Morgan fingerprint density at radius 1 is 1.38 bits per heavy atom. The molecule has 0 N–H and O–H groups in total. The standard InChI is InChI=1S/C16H18N6O2/c1-2-12-7-5-6-10-20(12)16-13(11-17)18-21(19-16)14-8-3-4-9-15(14)22(23)24/h3-4,8-9,12H,2,5-7,10H2,1H3/t12-/m0/s1. The summed E-state index contributed by atoms with van der Waals surface area (Å²) < 4.78 is 0. The highest BCUT2D eigenvalue weighted by atomic mass is 16.6. The number of nitro groups is 1. The van der Waals surface area contributed by atoms with E-state index >= 15 is 0 Å². The number of anilines is 1. The quantitative estimate of drug-likeness (QED) is 0.632. The van der Waals surface area contributed by atoms with Gasteiger partial charge in [0.05, 0.1) is 4.92 Å². The highest BCUT2D eigenvalue weighted by Gasteiger charge is 2.28. The third-order valence-corrected chi connectivity index (χ3v) is 4.37. The minimum Gasteiger partial charge on any atom is -0.350 e. The molecule has 0 radical (unpaired) electrons. The predicted molar refractivity (Wildman–Crippen MR) is 88.0 cm³/mol. The summed E-state index contributed by atoms with van der Waals surface area (Å²) in [5.74, 6) is 0.516. The molecule has 8 heteroatoms. The van der Waals surface area contributed by atoms with Crippen LogP contribution in [0.4, 0.5) is 11.5 Å². The molecule has 0 saturated carbocycles. The van der Waals surface area contributed by atoms with Crippen molar-refractivity contribution in [2.75, 3.05) is 11.4 Å². The molecule has 0 spiro atoms. The Balaban J connectivity index is 2.06. The fourth-order valence-corrected chi connectivity index (χ4v) is 3.16. The maximum Gasteiger partial charge on any atom is 0.296 e. The van der Waals surface area contributed by atoms with Crippen LogP contribution in [0.15, 0.2) is 24.3 Å². The molecule has 1 atom stereocenters. The molecule has 2 aromatic rings. The van der Waals surface area contributed by atoms with Crippen LogP contribution in [0, 0.1) is 21.4 Å². The Kier molecular flexibility index (Phi) is 4.42. The molecule has 124 valence electrons. The summed E-state index contributed by atoms with van der Waals surface area (Å²) in [6.07, 6.45) is 4.22. The van der Waals surface area contributed by atoms with Crippen molar-refractivity contribution in [3.05, 3.63) is 40.1 Å². The predicted octanol–water partition coefficient (Wildman–Crippen LogP) is 2.82. The van der Waals surface area contributed by atoms with Crippen LogP contribution in [0.3, 0.4) is 0 Å². The van der Waals surface area contributed by atoms with Crippen molar-refractivity contribution in [2.45, 2.75) is 38.6 Å². The van der Waals surface area contributed by atoms with E-state index in [1.807, 2.05) is 0 Å². The van der Waals surface area contributed by atoms with Crippen molar-refractivity contribution in [1.29, 1.82) is 5.26 Å². The molecule has 0 amide bonds. The average molecular weight is 326 g/mol. The molecule has 24 heavy (non-hydrogen) atoms. The van der Waals surface area contributed by atoms with Gasteiger partial charge in [0.25, 0.3) is 5.69 Å². The first-order valence-electron chi connectivity index (χ1n) is 8.03. The van der Waals surface area contributed by atoms with Gasteiger partial charge in [-0.15, -0.1) is 15.0 Å². The van der Waals surface area contributed by atoms with E-state index in [1.54, 1.807) is 18.2 Å². The molecular formula is C16H18N6O2. The number of nitriles is 1. The second-order valence-electron chi connectivity index (χ2n) is 5.77. The third-order valence-electron chi connectivity index (χ3n) is 4.37. The molecule has 1 fully saturated rings. The highest BCUT2D eigenvalue weighted by molar-refractivity contribution is 5.55. The van der Waals surface area contributed by atoms with Gasteiger partial charge in [0.1, 0.15) is 6.07 Å². The smallest absolute Gasteiger partial charge is 0.296 e. The molecule has 2 heterocycles. The van der Waals surface area contributed by atoms with Crippen LogP contribution in [0.2, 0.25) is 0 Å². The van der Waals surface area contributed by atoms with Crippen LogP contribution >= 0.6 is 0 Å². The summed E-state index contributed by atoms with van der Waals surface area (Å²) in [7, 11) is 0. The third kappa shape index (κ3) is 2.80. The van der Waals surface area contributed by atoms with Gasteiger partial charge in [0, 0.05) is 18.7 Å². The van der Waals surface area contributed by atoms with Gasteiger partial charge < -0.3 is 4.90 Å². The summed E-state index contributed by atoms with van der Waals surface area (Å²) in [6.45, 7) is 2.93. The maximum absolute atomic E-state index is 11.2. The lowest BCUT2D eigenvalue weighted by Crippen LogP contribution is -2.39. The molecule has 1 saturated heterocycles. The molecule has 0 unspecified atom stereocenters. The van der Waals surface area contributed by atoms with E-state index in [9.17, 15) is 15.4 Å². The number of benzene rings is 1. The molecule has 8 nitrogen and oxygen atoms in total. The Bertz CT molecular complexity index is 794. The summed E-state index contributed by atoms with van der Waals surface area (Å²) in [5.41, 5.74) is 0.373. The molecule has 1 aromatic carbocycles. The maximum atomic E-state index is 11.2. The van der Waals surface area contributed by atoms with Crippen molar-refractivity contribution in [3.8, 4) is 11.8 Å². The summed E-state index contributed by atoms with van der Waals surface area (Å²) >= 11 is 0. The summed E-state index contributed by atoms with van der Waals surface area (Å²) in [6, 6.07) is 8.65. The number of rotatable bonds is 4. The lowest BCUT2D eigenvalue weighted by atomic mass is 10.00. The van der Waals surface area contributed by atoms with Gasteiger partial charge in [-0.05, 0) is 31.7 Å². The topological polar surface area (TPSA) is 101 Å². The molecule has 1 aliphatic rings. The molecule has 0 bridgehead atoms. The van der Waals surface area contributed by atoms with E-state index < -0.39 is 4.92 Å². The Morgan fingerprint density at radius 3 is 2.88 bits per heavy atom. The first-order chi connectivity index (χ1) is 11.7. The first kappa shape index (κ1) is 15.9. The lowest BCUT2D eigenvalue weighted by molar-refractivity contribution is -0.384. The second kappa shape index (κ2) is 6.66. The minimum atomic E-state index is -0.472. The summed E-state index contributed by atoms with van der Waals surface area (Å²) in [4.78, 5) is 14.1. The van der Waals surface area contributed by atoms with Gasteiger partial charge in [-0.1, -0.05) is 19.1 Å². The minimum absolute atomic E-state index is 0.0887. The van der Waals surface area contributed by atoms with Crippen molar-refractivity contribution in [1.82, 2.24) is 15.0 Å². The Labute approximate surface area is 139 Å². The van der Waals surface area contributed by atoms with Crippen LogP contribution < -0.4 is 4.90 Å². The van der Waals surface area contributed by atoms with Gasteiger partial charge in [0.15, 0.2) is 11.5 Å². The van der Waals surface area contributed by atoms with Crippen molar-refractivity contribution in [2.24, 2.45) is 0 Å². The number of para-hydroxylation sites is 2. The molecule has 1 aliphatic heterocycles. The van der Waals surface area contributed by atoms with Gasteiger partial charge in [0.2, 0.25) is 5.69 Å². The van der Waals surface area contributed by atoms with E-state index in [0.717, 1.165) is 32.2 Å². The van der Waals surface area contributed by atoms with E-state index in [1.165, 1.54) is 10.9 Å². The number of piperidine rings is 1. The van der Waals surface area contributed by atoms with Gasteiger partial charge >= 0.3 is 0 Å². The normalized spacial score (nSPS) is 17.5. The van der Waals surface area contributed by atoms with Crippen molar-refractivity contribution in [3.63, 3.8) is 0 Å². The van der Waals surface area contributed by atoms with Gasteiger partial charge in [-0.2, -0.15) is 5.26 Å². The summed E-state index contributed by atoms with van der Waals surface area (Å²) in [5, 5.41) is 29.2. The van der Waals surface area contributed by atoms with Crippen LogP contribution in [0.25, 0.3) is 5.69 Å². The largest absolute Gasteiger partial charge is 0.350 e. The van der Waals surface area contributed by atoms with E-state index in [2.05, 4.69) is 28.1 Å². The van der Waals surface area contributed by atoms with E-state index in [0.29, 0.717) is 11.9 Å². The average Bonchev–Trinajstić information content (AvgIpc) is 3.05. The number of hydrogen-bond donors (Lipinski definition) is 0. The fourth-order valence-electron chi connectivity index (χ4n) is 3.16. The van der Waals surface area contributed by atoms with Crippen LogP contribution in [0.1, 0.15) is 38.3 Å². The molecular weight excluding hydrogens is 308 g/mol. The van der Waals surface area contributed by atoms with Crippen molar-refractivity contribution >= 4 is 11.5 Å². The van der Waals surface area contributed by atoms with E-state index in [-0.39, 0.29) is 17.1 Å². The molecule has 1 aromatic heterocycles. The monoisotopic (exact) mass is 326 g/mol. The zero-order chi connectivity index (χ0) is 17.1. The van der Waals surface area contributed by atoms with Gasteiger partial charge in [-0.25, -0.2) is 0 Å². The first-order valence-corrected chi connectivity index (χ1v) is 8.03. The number of nitrogens with zero attached hydrogens (tertiary/aromatic N) is 6.